The smallest absolute Gasteiger partial charge is 0.143 e. The van der Waals surface area contributed by atoms with Gasteiger partial charge in [0.15, 0.2) is 0 Å². The molecule has 0 saturated carbocycles. The maximum atomic E-state index is 6.74. The number of anilines is 3. The summed E-state index contributed by atoms with van der Waals surface area (Å²) in [5.74, 6) is 0. The van der Waals surface area contributed by atoms with Crippen LogP contribution in [0.1, 0.15) is 0 Å². The van der Waals surface area contributed by atoms with Crippen LogP contribution < -0.4 is 4.90 Å². The average Bonchev–Trinajstić information content (AvgIpc) is 4.02. The lowest BCUT2D eigenvalue weighted by atomic mass is 9.95. The standard InChI is InChI=1S/C58H36N2OS/c1-2-16-41-37(15-1)33-36-47-56-45(22-13-28-53(56)61-58(41)47)44-19-5-7-23-48(44)59(39-34-31-38(32-35-39)40-21-14-30-55-57(40)46-20-6-12-29-54(46)62-55)51-26-10-11-27-52(51)60-49-24-8-3-17-42(49)43-18-4-9-25-50(43)60/h1-36H. The van der Waals surface area contributed by atoms with Crippen LogP contribution in [-0.4, -0.2) is 4.57 Å². The summed E-state index contributed by atoms with van der Waals surface area (Å²) in [6.45, 7) is 0. The van der Waals surface area contributed by atoms with E-state index in [0.717, 1.165) is 61.2 Å². The molecule has 0 radical (unpaired) electrons. The van der Waals surface area contributed by atoms with Crippen molar-refractivity contribution in [2.75, 3.05) is 4.90 Å². The van der Waals surface area contributed by atoms with E-state index in [1.807, 2.05) is 11.3 Å². The molecule has 290 valence electrons. The molecule has 0 aliphatic carbocycles. The molecular formula is C58H36N2OS. The molecule has 0 unspecified atom stereocenters. The number of hydrogen-bond acceptors (Lipinski definition) is 3. The summed E-state index contributed by atoms with van der Waals surface area (Å²) in [5, 5.41) is 9.59. The van der Waals surface area contributed by atoms with Crippen LogP contribution >= 0.6 is 11.3 Å². The minimum atomic E-state index is 0.875. The van der Waals surface area contributed by atoms with Crippen molar-refractivity contribution in [1.82, 2.24) is 4.57 Å². The molecule has 0 aliphatic rings. The minimum absolute atomic E-state index is 0.875. The van der Waals surface area contributed by atoms with Gasteiger partial charge in [0, 0.05) is 58.4 Å². The second-order valence-electron chi connectivity index (χ2n) is 16.0. The molecule has 0 N–H and O–H groups in total. The maximum absolute atomic E-state index is 6.74. The molecule has 0 amide bonds. The zero-order valence-corrected chi connectivity index (χ0v) is 34.3. The van der Waals surface area contributed by atoms with Gasteiger partial charge in [0.2, 0.25) is 0 Å². The first-order chi connectivity index (χ1) is 30.8. The van der Waals surface area contributed by atoms with Crippen molar-refractivity contribution < 1.29 is 4.42 Å². The van der Waals surface area contributed by atoms with Crippen LogP contribution in [-0.2, 0) is 0 Å². The predicted octanol–water partition coefficient (Wildman–Crippen LogP) is 17.0. The van der Waals surface area contributed by atoms with Gasteiger partial charge in [-0.15, -0.1) is 11.3 Å². The Morgan fingerprint density at radius 3 is 1.82 bits per heavy atom. The summed E-state index contributed by atoms with van der Waals surface area (Å²) in [5.41, 5.74) is 13.1. The van der Waals surface area contributed by atoms with E-state index in [9.17, 15) is 0 Å². The lowest BCUT2D eigenvalue weighted by molar-refractivity contribution is 0.673. The molecule has 0 fully saturated rings. The number of benzene rings is 10. The molecule has 0 bridgehead atoms. The van der Waals surface area contributed by atoms with Crippen LogP contribution in [0.4, 0.5) is 17.1 Å². The highest BCUT2D eigenvalue weighted by atomic mass is 32.1. The first-order valence-corrected chi connectivity index (χ1v) is 21.9. The van der Waals surface area contributed by atoms with Crippen LogP contribution in [0.3, 0.4) is 0 Å². The van der Waals surface area contributed by atoms with E-state index < -0.39 is 0 Å². The molecule has 4 heteroatoms. The van der Waals surface area contributed by atoms with Crippen LogP contribution in [0.25, 0.3) is 103 Å². The summed E-state index contributed by atoms with van der Waals surface area (Å²) in [6.07, 6.45) is 0. The molecule has 0 aliphatic heterocycles. The number of thiophene rings is 1. The van der Waals surface area contributed by atoms with Gasteiger partial charge in [0.1, 0.15) is 11.2 Å². The number of hydrogen-bond donors (Lipinski definition) is 0. The Bertz CT molecular complexity index is 3830. The Morgan fingerprint density at radius 2 is 1.00 bits per heavy atom. The molecule has 0 spiro atoms. The van der Waals surface area contributed by atoms with Crippen LogP contribution in [0.15, 0.2) is 223 Å². The summed E-state index contributed by atoms with van der Waals surface area (Å²) in [4.78, 5) is 2.45. The molecular weight excluding hydrogens is 773 g/mol. The summed E-state index contributed by atoms with van der Waals surface area (Å²) < 4.78 is 11.8. The Balaban J connectivity index is 1.07. The minimum Gasteiger partial charge on any atom is -0.455 e. The fraction of sp³-hybridized carbons (Fsp3) is 0. The van der Waals surface area contributed by atoms with E-state index in [0.29, 0.717) is 0 Å². The molecule has 10 aromatic carbocycles. The second kappa shape index (κ2) is 13.8. The molecule has 0 saturated heterocycles. The Kier molecular flexibility index (Phi) is 7.78. The van der Waals surface area contributed by atoms with Gasteiger partial charge in [-0.2, -0.15) is 0 Å². The van der Waals surface area contributed by atoms with Crippen LogP contribution in [0, 0.1) is 0 Å². The van der Waals surface area contributed by atoms with Gasteiger partial charge in [-0.05, 0) is 88.8 Å². The largest absolute Gasteiger partial charge is 0.455 e. The number of rotatable bonds is 6. The molecule has 13 aromatic rings. The lowest BCUT2D eigenvalue weighted by Crippen LogP contribution is -2.14. The summed E-state index contributed by atoms with van der Waals surface area (Å²) in [7, 11) is 0. The number of furan rings is 1. The predicted molar refractivity (Wildman–Crippen MR) is 264 cm³/mol. The van der Waals surface area contributed by atoms with Crippen molar-refractivity contribution in [3.63, 3.8) is 0 Å². The Morgan fingerprint density at radius 1 is 0.387 bits per heavy atom. The molecule has 13 rings (SSSR count). The average molecular weight is 809 g/mol. The van der Waals surface area contributed by atoms with Gasteiger partial charge in [0.25, 0.3) is 0 Å². The van der Waals surface area contributed by atoms with Gasteiger partial charge in [-0.25, -0.2) is 0 Å². The van der Waals surface area contributed by atoms with E-state index in [1.165, 1.54) is 58.5 Å². The van der Waals surface area contributed by atoms with Crippen molar-refractivity contribution in [2.45, 2.75) is 0 Å². The van der Waals surface area contributed by atoms with E-state index in [-0.39, 0.29) is 0 Å². The van der Waals surface area contributed by atoms with Gasteiger partial charge >= 0.3 is 0 Å². The third-order valence-electron chi connectivity index (χ3n) is 12.6. The SMILES string of the molecule is c1ccc(N(c2ccc(-c3cccc4sc5ccccc5c34)cc2)c2ccccc2-n2c3ccccc3c3ccccc32)c(-c2cccc3oc4c5ccccc5ccc4c23)c1. The van der Waals surface area contributed by atoms with Gasteiger partial charge < -0.3 is 13.9 Å². The first-order valence-electron chi connectivity index (χ1n) is 21.1. The third-order valence-corrected chi connectivity index (χ3v) is 13.7. The molecule has 3 nitrogen and oxygen atoms in total. The van der Waals surface area contributed by atoms with Gasteiger partial charge in [-0.3, -0.25) is 0 Å². The highest BCUT2D eigenvalue weighted by Crippen LogP contribution is 2.48. The van der Waals surface area contributed by atoms with Crippen molar-refractivity contribution in [2.24, 2.45) is 0 Å². The highest BCUT2D eigenvalue weighted by Gasteiger charge is 2.24. The third kappa shape index (κ3) is 5.24. The van der Waals surface area contributed by atoms with Crippen molar-refractivity contribution in [3.05, 3.63) is 218 Å². The number of aromatic nitrogens is 1. The Hall–Kier alpha value is -7.92. The van der Waals surface area contributed by atoms with E-state index in [4.69, 9.17) is 4.42 Å². The first kappa shape index (κ1) is 34.9. The topological polar surface area (TPSA) is 21.3 Å². The molecule has 3 heterocycles. The van der Waals surface area contributed by atoms with Crippen LogP contribution in [0.5, 0.6) is 0 Å². The van der Waals surface area contributed by atoms with E-state index in [1.54, 1.807) is 0 Å². The fourth-order valence-electron chi connectivity index (χ4n) is 9.91. The summed E-state index contributed by atoms with van der Waals surface area (Å²) in [6, 6.07) is 79.2. The van der Waals surface area contributed by atoms with Crippen molar-refractivity contribution in [3.8, 4) is 27.9 Å². The molecule has 3 aromatic heterocycles. The van der Waals surface area contributed by atoms with E-state index >= 15 is 0 Å². The number of fused-ring (bicyclic) bond motifs is 11. The number of para-hydroxylation sites is 5. The van der Waals surface area contributed by atoms with Gasteiger partial charge in [-0.1, -0.05) is 152 Å². The quantitative estimate of drug-likeness (QED) is 0.167. The molecule has 0 atom stereocenters. The van der Waals surface area contributed by atoms with E-state index in [2.05, 4.69) is 228 Å². The normalized spacial score (nSPS) is 11.9. The lowest BCUT2D eigenvalue weighted by Gasteiger charge is -2.30. The van der Waals surface area contributed by atoms with Crippen molar-refractivity contribution >= 4 is 103 Å². The zero-order chi connectivity index (χ0) is 40.7. The van der Waals surface area contributed by atoms with Gasteiger partial charge in [0.05, 0.1) is 28.1 Å². The zero-order valence-electron chi connectivity index (χ0n) is 33.5. The van der Waals surface area contributed by atoms with Crippen LogP contribution in [0.2, 0.25) is 0 Å². The number of nitrogens with zero attached hydrogens (tertiary/aromatic N) is 2. The Labute approximate surface area is 361 Å². The maximum Gasteiger partial charge on any atom is 0.143 e. The second-order valence-corrected chi connectivity index (χ2v) is 17.1. The summed E-state index contributed by atoms with van der Waals surface area (Å²) >= 11 is 1.86. The van der Waals surface area contributed by atoms with Crippen molar-refractivity contribution in [1.29, 1.82) is 0 Å². The fourth-order valence-corrected chi connectivity index (χ4v) is 11.0. The highest BCUT2D eigenvalue weighted by molar-refractivity contribution is 7.25. The monoisotopic (exact) mass is 808 g/mol. The molecule has 62 heavy (non-hydrogen) atoms.